The fourth-order valence-electron chi connectivity index (χ4n) is 2.71. The fourth-order valence-corrected chi connectivity index (χ4v) is 4.56. The number of rotatable bonds is 6. The highest BCUT2D eigenvalue weighted by Crippen LogP contribution is 2.36. The van der Waals surface area contributed by atoms with Crippen LogP contribution in [0.5, 0.6) is 0 Å². The van der Waals surface area contributed by atoms with Crippen LogP contribution in [-0.2, 0) is 31.9 Å². The molecule has 134 valence electrons. The zero-order chi connectivity index (χ0) is 18.5. The molecule has 2 heterocycles. The maximum Gasteiger partial charge on any atom is 0.310 e. The van der Waals surface area contributed by atoms with Crippen LogP contribution >= 0.6 is 22.7 Å². The van der Waals surface area contributed by atoms with Crippen LogP contribution < -0.4 is 0 Å². The van der Waals surface area contributed by atoms with E-state index in [0.29, 0.717) is 0 Å². The van der Waals surface area contributed by atoms with Gasteiger partial charge < -0.3 is 9.47 Å². The predicted molar refractivity (Wildman–Crippen MR) is 105 cm³/mol. The van der Waals surface area contributed by atoms with Crippen LogP contribution in [0.4, 0.5) is 0 Å². The summed E-state index contributed by atoms with van der Waals surface area (Å²) in [4.78, 5) is 25.4. The Morgan fingerprint density at radius 2 is 1.27 bits per heavy atom. The molecule has 1 aromatic carbocycles. The van der Waals surface area contributed by atoms with Crippen LogP contribution in [0.25, 0.3) is 20.9 Å². The molecule has 3 rings (SSSR count). The number of methoxy groups -OCH3 is 2. The lowest BCUT2D eigenvalue weighted by Gasteiger charge is -2.07. The van der Waals surface area contributed by atoms with Crippen molar-refractivity contribution in [3.05, 3.63) is 58.3 Å². The minimum Gasteiger partial charge on any atom is -0.469 e. The molecular weight excluding hydrogens is 368 g/mol. The largest absolute Gasteiger partial charge is 0.469 e. The standard InChI is InChI=1S/C20H18O4S2/c1-23-17(21)11-15-6-8-25-19(15)13-4-3-5-14(10-13)20-16(7-9-26-20)12-18(22)24-2/h3-10H,11-12H2,1-2H3. The lowest BCUT2D eigenvalue weighted by molar-refractivity contribution is -0.140. The average Bonchev–Trinajstić information content (AvgIpc) is 3.31. The number of thiophene rings is 2. The number of benzene rings is 1. The molecule has 0 spiro atoms. The van der Waals surface area contributed by atoms with Gasteiger partial charge in [-0.3, -0.25) is 9.59 Å². The molecular formula is C20H18O4S2. The molecule has 3 aromatic rings. The first-order valence-electron chi connectivity index (χ1n) is 7.99. The van der Waals surface area contributed by atoms with Gasteiger partial charge in [-0.1, -0.05) is 18.2 Å². The summed E-state index contributed by atoms with van der Waals surface area (Å²) >= 11 is 3.20. The number of carbonyl (C=O) groups excluding carboxylic acids is 2. The summed E-state index contributed by atoms with van der Waals surface area (Å²) in [5, 5.41) is 3.96. The van der Waals surface area contributed by atoms with Crippen LogP contribution in [0.2, 0.25) is 0 Å². The fraction of sp³-hybridized carbons (Fsp3) is 0.200. The molecule has 0 saturated heterocycles. The van der Waals surface area contributed by atoms with E-state index < -0.39 is 0 Å². The van der Waals surface area contributed by atoms with E-state index in [2.05, 4.69) is 6.07 Å². The van der Waals surface area contributed by atoms with Crippen molar-refractivity contribution in [1.29, 1.82) is 0 Å². The number of ether oxygens (including phenoxy) is 2. The lowest BCUT2D eigenvalue weighted by Crippen LogP contribution is -2.04. The first-order chi connectivity index (χ1) is 12.6. The van der Waals surface area contributed by atoms with Crippen LogP contribution in [0.3, 0.4) is 0 Å². The van der Waals surface area contributed by atoms with Crippen molar-refractivity contribution in [2.75, 3.05) is 14.2 Å². The van der Waals surface area contributed by atoms with Gasteiger partial charge in [-0.05, 0) is 51.2 Å². The molecule has 26 heavy (non-hydrogen) atoms. The molecule has 0 radical (unpaired) electrons. The second-order valence-corrected chi connectivity index (χ2v) is 7.47. The third kappa shape index (κ3) is 4.03. The van der Waals surface area contributed by atoms with Gasteiger partial charge in [0.2, 0.25) is 0 Å². The van der Waals surface area contributed by atoms with Crippen molar-refractivity contribution in [3.8, 4) is 20.9 Å². The molecule has 0 saturated carbocycles. The van der Waals surface area contributed by atoms with Crippen LogP contribution in [0.15, 0.2) is 47.2 Å². The van der Waals surface area contributed by atoms with Crippen molar-refractivity contribution < 1.29 is 19.1 Å². The summed E-state index contributed by atoms with van der Waals surface area (Å²) in [7, 11) is 2.79. The van der Waals surface area contributed by atoms with Gasteiger partial charge >= 0.3 is 11.9 Å². The van der Waals surface area contributed by atoms with E-state index in [1.807, 2.05) is 41.1 Å². The minimum atomic E-state index is -0.251. The molecule has 0 aliphatic heterocycles. The second kappa shape index (κ2) is 8.29. The molecule has 0 amide bonds. The number of hydrogen-bond donors (Lipinski definition) is 0. The zero-order valence-electron chi connectivity index (χ0n) is 14.5. The highest BCUT2D eigenvalue weighted by molar-refractivity contribution is 7.14. The van der Waals surface area contributed by atoms with E-state index in [9.17, 15) is 9.59 Å². The smallest absolute Gasteiger partial charge is 0.310 e. The Kier molecular flexibility index (Phi) is 5.85. The summed E-state index contributed by atoms with van der Waals surface area (Å²) in [6, 6.07) is 12.1. The maximum absolute atomic E-state index is 11.6. The van der Waals surface area contributed by atoms with Gasteiger partial charge in [-0.25, -0.2) is 0 Å². The molecule has 0 bridgehead atoms. The molecule has 0 fully saturated rings. The Labute approximate surface area is 160 Å². The van der Waals surface area contributed by atoms with E-state index >= 15 is 0 Å². The Bertz CT molecular complexity index is 852. The second-order valence-electron chi connectivity index (χ2n) is 5.64. The predicted octanol–water partition coefficient (Wildman–Crippen LogP) is 4.57. The summed E-state index contributed by atoms with van der Waals surface area (Å²) in [6.07, 6.45) is 0.512. The van der Waals surface area contributed by atoms with Crippen molar-refractivity contribution in [2.24, 2.45) is 0 Å². The molecule has 0 N–H and O–H groups in total. The van der Waals surface area contributed by atoms with Gasteiger partial charge in [0.05, 0.1) is 27.1 Å². The zero-order valence-corrected chi connectivity index (χ0v) is 16.1. The van der Waals surface area contributed by atoms with Gasteiger partial charge in [-0.15, -0.1) is 22.7 Å². The van der Waals surface area contributed by atoms with E-state index in [0.717, 1.165) is 32.0 Å². The van der Waals surface area contributed by atoms with E-state index in [-0.39, 0.29) is 24.8 Å². The summed E-state index contributed by atoms with van der Waals surface area (Å²) in [6.45, 7) is 0. The molecule has 0 atom stereocenters. The molecule has 0 aliphatic rings. The Morgan fingerprint density at radius 1 is 0.808 bits per heavy atom. The normalized spacial score (nSPS) is 10.5. The molecule has 6 heteroatoms. The SMILES string of the molecule is COC(=O)Cc1ccsc1-c1cccc(-c2sccc2CC(=O)OC)c1. The van der Waals surface area contributed by atoms with E-state index in [1.165, 1.54) is 14.2 Å². The molecule has 4 nitrogen and oxygen atoms in total. The third-order valence-electron chi connectivity index (χ3n) is 4.01. The number of hydrogen-bond acceptors (Lipinski definition) is 6. The highest BCUT2D eigenvalue weighted by Gasteiger charge is 2.15. The topological polar surface area (TPSA) is 52.6 Å². The van der Waals surface area contributed by atoms with Gasteiger partial charge in [0.25, 0.3) is 0 Å². The number of carbonyl (C=O) groups is 2. The van der Waals surface area contributed by atoms with Gasteiger partial charge in [-0.2, -0.15) is 0 Å². The lowest BCUT2D eigenvalue weighted by atomic mass is 10.0. The Hall–Kier alpha value is -2.44. The molecule has 2 aromatic heterocycles. The first-order valence-corrected chi connectivity index (χ1v) is 9.75. The minimum absolute atomic E-state index is 0.251. The van der Waals surface area contributed by atoms with Gasteiger partial charge in [0.1, 0.15) is 0 Å². The van der Waals surface area contributed by atoms with Gasteiger partial charge in [0.15, 0.2) is 0 Å². The van der Waals surface area contributed by atoms with Crippen LogP contribution in [-0.4, -0.2) is 26.2 Å². The number of esters is 2. The van der Waals surface area contributed by atoms with Crippen molar-refractivity contribution in [3.63, 3.8) is 0 Å². The van der Waals surface area contributed by atoms with E-state index in [1.54, 1.807) is 22.7 Å². The molecule has 0 unspecified atom stereocenters. The summed E-state index contributed by atoms with van der Waals surface area (Å²) in [5.74, 6) is -0.501. The first kappa shape index (κ1) is 18.4. The van der Waals surface area contributed by atoms with Crippen molar-refractivity contribution >= 4 is 34.6 Å². The van der Waals surface area contributed by atoms with Crippen molar-refractivity contribution in [2.45, 2.75) is 12.8 Å². The van der Waals surface area contributed by atoms with Crippen LogP contribution in [0.1, 0.15) is 11.1 Å². The van der Waals surface area contributed by atoms with Crippen LogP contribution in [0, 0.1) is 0 Å². The third-order valence-corrected chi connectivity index (χ3v) is 6.02. The summed E-state index contributed by atoms with van der Waals surface area (Å²) < 4.78 is 9.57. The maximum atomic E-state index is 11.6. The quantitative estimate of drug-likeness (QED) is 0.582. The average molecular weight is 386 g/mol. The summed E-state index contributed by atoms with van der Waals surface area (Å²) in [5.41, 5.74) is 4.02. The highest BCUT2D eigenvalue weighted by atomic mass is 32.1. The Morgan fingerprint density at radius 3 is 1.69 bits per heavy atom. The van der Waals surface area contributed by atoms with E-state index in [4.69, 9.17) is 9.47 Å². The van der Waals surface area contributed by atoms with Gasteiger partial charge in [0, 0.05) is 9.75 Å². The Balaban J connectivity index is 1.93. The monoisotopic (exact) mass is 386 g/mol. The molecule has 0 aliphatic carbocycles. The van der Waals surface area contributed by atoms with Crippen molar-refractivity contribution in [1.82, 2.24) is 0 Å².